The van der Waals surface area contributed by atoms with Gasteiger partial charge in [0, 0.05) is 26.8 Å². The number of hydrogen-bond donors (Lipinski definition) is 2. The lowest BCUT2D eigenvalue weighted by molar-refractivity contribution is 0.00369. The highest BCUT2D eigenvalue weighted by Crippen LogP contribution is 2.19. The fourth-order valence-corrected chi connectivity index (χ4v) is 2.90. The van der Waals surface area contributed by atoms with Gasteiger partial charge in [0.05, 0.1) is 12.1 Å². The first-order valence-corrected chi connectivity index (χ1v) is 8.49. The maximum Gasteiger partial charge on any atom is 0.317 e. The van der Waals surface area contributed by atoms with Gasteiger partial charge >= 0.3 is 6.03 Å². The van der Waals surface area contributed by atoms with Crippen LogP contribution >= 0.6 is 0 Å². The maximum absolute atomic E-state index is 12.5. The number of nitrogens with one attached hydrogen (secondary N) is 1. The lowest BCUT2D eigenvalue weighted by atomic mass is 10.0. The van der Waals surface area contributed by atoms with Crippen LogP contribution in [0.15, 0.2) is 30.3 Å². The van der Waals surface area contributed by atoms with Crippen LogP contribution in [-0.4, -0.2) is 48.9 Å². The maximum atomic E-state index is 12.5. The molecule has 0 saturated carbocycles. The summed E-state index contributed by atoms with van der Waals surface area (Å²) in [6.07, 6.45) is 4.83. The summed E-state index contributed by atoms with van der Waals surface area (Å²) in [7, 11) is 1.81. The van der Waals surface area contributed by atoms with Crippen LogP contribution in [0.3, 0.4) is 0 Å². The Bertz CT molecular complexity index is 461. The van der Waals surface area contributed by atoms with Crippen molar-refractivity contribution in [3.63, 3.8) is 0 Å². The zero-order chi connectivity index (χ0) is 16.5. The van der Waals surface area contributed by atoms with E-state index < -0.39 is 0 Å². The number of nitrogens with zero attached hydrogens (tertiary/aromatic N) is 1. The van der Waals surface area contributed by atoms with E-state index in [0.717, 1.165) is 31.4 Å². The third-order valence-electron chi connectivity index (χ3n) is 4.25. The molecule has 128 valence electrons. The Morgan fingerprint density at radius 1 is 1.39 bits per heavy atom. The second-order valence-corrected chi connectivity index (χ2v) is 6.15. The van der Waals surface area contributed by atoms with Gasteiger partial charge in [-0.1, -0.05) is 30.3 Å². The first-order chi connectivity index (χ1) is 11.2. The molecular weight excluding hydrogens is 292 g/mol. The minimum Gasteiger partial charge on any atom is -0.396 e. The summed E-state index contributed by atoms with van der Waals surface area (Å²) >= 11 is 0. The van der Waals surface area contributed by atoms with E-state index in [1.165, 1.54) is 6.42 Å². The van der Waals surface area contributed by atoms with Crippen LogP contribution in [0, 0.1) is 0 Å². The van der Waals surface area contributed by atoms with Gasteiger partial charge in [-0.2, -0.15) is 0 Å². The summed E-state index contributed by atoms with van der Waals surface area (Å²) in [5.41, 5.74) is 1.07. The molecule has 5 nitrogen and oxygen atoms in total. The van der Waals surface area contributed by atoms with Crippen molar-refractivity contribution in [3.8, 4) is 0 Å². The smallest absolute Gasteiger partial charge is 0.317 e. The van der Waals surface area contributed by atoms with Gasteiger partial charge in [-0.25, -0.2) is 4.79 Å². The van der Waals surface area contributed by atoms with Crippen LogP contribution in [0.4, 0.5) is 4.79 Å². The average Bonchev–Trinajstić information content (AvgIpc) is 2.60. The van der Waals surface area contributed by atoms with Crippen molar-refractivity contribution in [2.75, 3.05) is 26.8 Å². The van der Waals surface area contributed by atoms with Crippen LogP contribution < -0.4 is 5.32 Å². The highest BCUT2D eigenvalue weighted by Gasteiger charge is 2.21. The summed E-state index contributed by atoms with van der Waals surface area (Å²) in [5.74, 6) is 0. The van der Waals surface area contributed by atoms with Crippen LogP contribution in [0.1, 0.15) is 43.7 Å². The Morgan fingerprint density at radius 3 is 2.83 bits per heavy atom. The molecule has 1 aliphatic rings. The summed E-state index contributed by atoms with van der Waals surface area (Å²) < 4.78 is 5.70. The fraction of sp³-hybridized carbons (Fsp3) is 0.611. The molecule has 2 rings (SSSR count). The number of aliphatic hydroxyl groups is 1. The molecular formula is C18H28N2O3. The molecule has 2 atom stereocenters. The van der Waals surface area contributed by atoms with E-state index in [2.05, 4.69) is 5.32 Å². The van der Waals surface area contributed by atoms with Crippen molar-refractivity contribution in [1.82, 2.24) is 10.2 Å². The molecule has 0 spiro atoms. The molecule has 1 saturated heterocycles. The Labute approximate surface area is 138 Å². The molecule has 0 bridgehead atoms. The molecule has 23 heavy (non-hydrogen) atoms. The predicted octanol–water partition coefficient (Wildman–Crippen LogP) is 2.71. The van der Waals surface area contributed by atoms with E-state index in [4.69, 9.17) is 9.84 Å². The van der Waals surface area contributed by atoms with Gasteiger partial charge < -0.3 is 20.1 Å². The molecule has 1 fully saturated rings. The zero-order valence-corrected chi connectivity index (χ0v) is 13.9. The van der Waals surface area contributed by atoms with E-state index >= 15 is 0 Å². The number of rotatable bonds is 7. The molecule has 1 aromatic carbocycles. The van der Waals surface area contributed by atoms with Gasteiger partial charge in [0.1, 0.15) is 0 Å². The highest BCUT2D eigenvalue weighted by molar-refractivity contribution is 5.74. The fourth-order valence-electron chi connectivity index (χ4n) is 2.90. The lowest BCUT2D eigenvalue weighted by Crippen LogP contribution is -2.44. The number of carbonyl (C=O) groups is 1. The molecule has 2 amide bonds. The summed E-state index contributed by atoms with van der Waals surface area (Å²) in [4.78, 5) is 14.2. The highest BCUT2D eigenvalue weighted by atomic mass is 16.5. The Kier molecular flexibility index (Phi) is 7.36. The van der Waals surface area contributed by atoms with Crippen molar-refractivity contribution in [2.45, 2.75) is 44.2 Å². The minimum absolute atomic E-state index is 0.0782. The second-order valence-electron chi connectivity index (χ2n) is 6.15. The number of aliphatic hydroxyl groups excluding tert-OH is 1. The van der Waals surface area contributed by atoms with Crippen molar-refractivity contribution >= 4 is 6.03 Å². The summed E-state index contributed by atoms with van der Waals surface area (Å²) in [6, 6.07) is 9.73. The van der Waals surface area contributed by atoms with E-state index in [0.29, 0.717) is 13.0 Å². The monoisotopic (exact) mass is 320 g/mol. The standard InChI is InChI=1S/C18H28N2O3/c1-20(14-16-10-5-6-13-23-16)18(22)19-17(11-7-12-21)15-8-3-2-4-9-15/h2-4,8-9,16-17,21H,5-7,10-14H2,1H3,(H,19,22). The molecule has 1 heterocycles. The predicted molar refractivity (Wildman–Crippen MR) is 90.3 cm³/mol. The molecule has 1 aliphatic heterocycles. The van der Waals surface area contributed by atoms with Gasteiger partial charge in [0.2, 0.25) is 0 Å². The molecule has 0 aliphatic carbocycles. The van der Waals surface area contributed by atoms with Crippen LogP contribution in [-0.2, 0) is 4.74 Å². The quantitative estimate of drug-likeness (QED) is 0.812. The van der Waals surface area contributed by atoms with Gasteiger partial charge in [-0.3, -0.25) is 0 Å². The summed E-state index contributed by atoms with van der Waals surface area (Å²) in [6.45, 7) is 1.54. The minimum atomic E-state index is -0.0917. The van der Waals surface area contributed by atoms with E-state index in [-0.39, 0.29) is 24.8 Å². The third-order valence-corrected chi connectivity index (χ3v) is 4.25. The molecule has 0 radical (unpaired) electrons. The number of carbonyl (C=O) groups excluding carboxylic acids is 1. The molecule has 0 aromatic heterocycles. The Hall–Kier alpha value is -1.59. The third kappa shape index (κ3) is 5.84. The van der Waals surface area contributed by atoms with Crippen molar-refractivity contribution < 1.29 is 14.6 Å². The molecule has 2 N–H and O–H groups in total. The second kappa shape index (κ2) is 9.53. The van der Waals surface area contributed by atoms with E-state index in [9.17, 15) is 4.79 Å². The van der Waals surface area contributed by atoms with Gasteiger partial charge in [-0.05, 0) is 37.7 Å². The molecule has 1 aromatic rings. The van der Waals surface area contributed by atoms with Gasteiger partial charge in [0.25, 0.3) is 0 Å². The van der Waals surface area contributed by atoms with E-state index in [1.807, 2.05) is 30.3 Å². The van der Waals surface area contributed by atoms with Gasteiger partial charge in [-0.15, -0.1) is 0 Å². The Morgan fingerprint density at radius 2 is 2.17 bits per heavy atom. The zero-order valence-electron chi connectivity index (χ0n) is 13.9. The first kappa shape index (κ1) is 17.8. The largest absolute Gasteiger partial charge is 0.396 e. The number of benzene rings is 1. The summed E-state index contributed by atoms with van der Waals surface area (Å²) in [5, 5.41) is 12.2. The Balaban J connectivity index is 1.90. The lowest BCUT2D eigenvalue weighted by Gasteiger charge is -2.29. The normalized spacial score (nSPS) is 19.1. The topological polar surface area (TPSA) is 61.8 Å². The first-order valence-electron chi connectivity index (χ1n) is 8.49. The van der Waals surface area contributed by atoms with Crippen molar-refractivity contribution in [3.05, 3.63) is 35.9 Å². The number of ether oxygens (including phenoxy) is 1. The van der Waals surface area contributed by atoms with Crippen LogP contribution in [0.2, 0.25) is 0 Å². The number of urea groups is 1. The molecule has 5 heteroatoms. The van der Waals surface area contributed by atoms with E-state index in [1.54, 1.807) is 11.9 Å². The number of hydrogen-bond acceptors (Lipinski definition) is 3. The van der Waals surface area contributed by atoms with Crippen LogP contribution in [0.5, 0.6) is 0 Å². The van der Waals surface area contributed by atoms with Crippen LogP contribution in [0.25, 0.3) is 0 Å². The van der Waals surface area contributed by atoms with Gasteiger partial charge in [0.15, 0.2) is 0 Å². The van der Waals surface area contributed by atoms with Crippen molar-refractivity contribution in [2.24, 2.45) is 0 Å². The number of likely N-dealkylation sites (N-methyl/N-ethyl adjacent to an activating group) is 1. The number of amides is 2. The van der Waals surface area contributed by atoms with Crippen molar-refractivity contribution in [1.29, 1.82) is 0 Å². The molecule has 2 unspecified atom stereocenters. The average molecular weight is 320 g/mol. The SMILES string of the molecule is CN(CC1CCCCO1)C(=O)NC(CCCO)c1ccccc1.